The fourth-order valence-electron chi connectivity index (χ4n) is 2.52. The zero-order chi connectivity index (χ0) is 19.9. The summed E-state index contributed by atoms with van der Waals surface area (Å²) in [5.74, 6) is -0.0430. The molecular formula is C22H19FN2O3. The van der Waals surface area contributed by atoms with E-state index in [4.69, 9.17) is 4.74 Å². The molecule has 2 amide bonds. The second-order valence-electron chi connectivity index (χ2n) is 6.18. The molecule has 0 spiro atoms. The van der Waals surface area contributed by atoms with Crippen molar-refractivity contribution >= 4 is 17.5 Å². The van der Waals surface area contributed by atoms with Crippen LogP contribution < -0.4 is 15.4 Å². The van der Waals surface area contributed by atoms with Crippen molar-refractivity contribution in [1.82, 2.24) is 5.32 Å². The van der Waals surface area contributed by atoms with Crippen LogP contribution in [0.2, 0.25) is 0 Å². The van der Waals surface area contributed by atoms with E-state index in [9.17, 15) is 14.0 Å². The van der Waals surface area contributed by atoms with Gasteiger partial charge in [0.25, 0.3) is 5.91 Å². The SMILES string of the molecule is Cc1cccc(Oc2ccc(NC(=O)CNC(=O)c3cccc(F)c3)cc2)c1. The summed E-state index contributed by atoms with van der Waals surface area (Å²) in [4.78, 5) is 23.9. The maximum absolute atomic E-state index is 13.1. The smallest absolute Gasteiger partial charge is 0.251 e. The summed E-state index contributed by atoms with van der Waals surface area (Å²) in [6.07, 6.45) is 0. The molecule has 3 aromatic rings. The molecule has 0 aliphatic heterocycles. The van der Waals surface area contributed by atoms with E-state index in [1.165, 1.54) is 18.2 Å². The number of benzene rings is 3. The van der Waals surface area contributed by atoms with Gasteiger partial charge in [-0.05, 0) is 67.1 Å². The molecule has 0 unspecified atom stereocenters. The van der Waals surface area contributed by atoms with Gasteiger partial charge in [0, 0.05) is 11.3 Å². The van der Waals surface area contributed by atoms with Crippen molar-refractivity contribution in [2.24, 2.45) is 0 Å². The molecule has 28 heavy (non-hydrogen) atoms. The van der Waals surface area contributed by atoms with Crippen molar-refractivity contribution in [1.29, 1.82) is 0 Å². The van der Waals surface area contributed by atoms with E-state index in [1.54, 1.807) is 24.3 Å². The van der Waals surface area contributed by atoms with Gasteiger partial charge in [-0.2, -0.15) is 0 Å². The van der Waals surface area contributed by atoms with Crippen molar-refractivity contribution in [3.63, 3.8) is 0 Å². The Morgan fingerprint density at radius 2 is 1.68 bits per heavy atom. The van der Waals surface area contributed by atoms with E-state index >= 15 is 0 Å². The predicted octanol–water partition coefficient (Wildman–Crippen LogP) is 4.29. The van der Waals surface area contributed by atoms with Gasteiger partial charge in [0.1, 0.15) is 17.3 Å². The Bertz CT molecular complexity index is 987. The highest BCUT2D eigenvalue weighted by Gasteiger charge is 2.09. The molecule has 0 saturated carbocycles. The Balaban J connectivity index is 1.51. The molecule has 0 bridgehead atoms. The summed E-state index contributed by atoms with van der Waals surface area (Å²) in [6, 6.07) is 19.8. The summed E-state index contributed by atoms with van der Waals surface area (Å²) in [5, 5.41) is 5.13. The van der Waals surface area contributed by atoms with Crippen LogP contribution in [0.4, 0.5) is 10.1 Å². The minimum atomic E-state index is -0.517. The van der Waals surface area contributed by atoms with Gasteiger partial charge in [-0.3, -0.25) is 9.59 Å². The summed E-state index contributed by atoms with van der Waals surface area (Å²) >= 11 is 0. The summed E-state index contributed by atoms with van der Waals surface area (Å²) in [5.41, 5.74) is 1.83. The normalized spacial score (nSPS) is 10.2. The zero-order valence-electron chi connectivity index (χ0n) is 15.2. The standard InChI is InChI=1S/C22H19FN2O3/c1-15-4-2-7-20(12-15)28-19-10-8-18(9-11-19)25-21(26)14-24-22(27)16-5-3-6-17(23)13-16/h2-13H,14H2,1H3,(H,24,27)(H,25,26). The fraction of sp³-hybridized carbons (Fsp3) is 0.0909. The highest BCUT2D eigenvalue weighted by molar-refractivity contribution is 5.99. The van der Waals surface area contributed by atoms with Gasteiger partial charge < -0.3 is 15.4 Å². The van der Waals surface area contributed by atoms with Crippen LogP contribution in [-0.4, -0.2) is 18.4 Å². The lowest BCUT2D eigenvalue weighted by molar-refractivity contribution is -0.115. The van der Waals surface area contributed by atoms with Gasteiger partial charge in [-0.1, -0.05) is 18.2 Å². The molecule has 142 valence electrons. The van der Waals surface area contributed by atoms with Crippen LogP contribution in [-0.2, 0) is 4.79 Å². The van der Waals surface area contributed by atoms with E-state index in [-0.39, 0.29) is 12.1 Å². The van der Waals surface area contributed by atoms with Gasteiger partial charge in [-0.15, -0.1) is 0 Å². The van der Waals surface area contributed by atoms with Gasteiger partial charge in [0.2, 0.25) is 5.91 Å². The van der Waals surface area contributed by atoms with Crippen LogP contribution in [0.1, 0.15) is 15.9 Å². The molecule has 6 heteroatoms. The largest absolute Gasteiger partial charge is 0.457 e. The van der Waals surface area contributed by atoms with Crippen molar-refractivity contribution in [3.05, 3.63) is 89.7 Å². The highest BCUT2D eigenvalue weighted by atomic mass is 19.1. The Hall–Kier alpha value is -3.67. The number of nitrogens with one attached hydrogen (secondary N) is 2. The van der Waals surface area contributed by atoms with Gasteiger partial charge in [0.15, 0.2) is 0 Å². The molecule has 5 nitrogen and oxygen atoms in total. The van der Waals surface area contributed by atoms with Gasteiger partial charge in [0.05, 0.1) is 6.54 Å². The molecular weight excluding hydrogens is 359 g/mol. The Morgan fingerprint density at radius 3 is 2.39 bits per heavy atom. The number of carbonyl (C=O) groups excluding carboxylic acids is 2. The number of amides is 2. The molecule has 0 saturated heterocycles. The molecule has 3 aromatic carbocycles. The third kappa shape index (κ3) is 5.41. The van der Waals surface area contributed by atoms with E-state index in [1.807, 2.05) is 31.2 Å². The van der Waals surface area contributed by atoms with Crippen LogP contribution in [0.5, 0.6) is 11.5 Å². The summed E-state index contributed by atoms with van der Waals surface area (Å²) in [7, 11) is 0. The molecule has 0 aromatic heterocycles. The lowest BCUT2D eigenvalue weighted by Gasteiger charge is -2.09. The molecule has 0 aliphatic carbocycles. The summed E-state index contributed by atoms with van der Waals surface area (Å²) in [6.45, 7) is 1.76. The second-order valence-corrected chi connectivity index (χ2v) is 6.18. The van der Waals surface area contributed by atoms with Crippen molar-refractivity contribution in [3.8, 4) is 11.5 Å². The highest BCUT2D eigenvalue weighted by Crippen LogP contribution is 2.23. The third-order valence-corrected chi connectivity index (χ3v) is 3.86. The average Bonchev–Trinajstić information content (AvgIpc) is 2.68. The van der Waals surface area contributed by atoms with E-state index in [2.05, 4.69) is 10.6 Å². The molecule has 0 aliphatic rings. The van der Waals surface area contributed by atoms with Crippen molar-refractivity contribution in [2.75, 3.05) is 11.9 Å². The Morgan fingerprint density at radius 1 is 0.929 bits per heavy atom. The Labute approximate surface area is 162 Å². The number of ether oxygens (including phenoxy) is 1. The molecule has 0 radical (unpaired) electrons. The number of aryl methyl sites for hydroxylation is 1. The lowest BCUT2D eigenvalue weighted by Crippen LogP contribution is -2.32. The minimum Gasteiger partial charge on any atom is -0.457 e. The minimum absolute atomic E-state index is 0.158. The van der Waals surface area contributed by atoms with E-state index in [0.29, 0.717) is 11.4 Å². The van der Waals surface area contributed by atoms with Crippen LogP contribution in [0.15, 0.2) is 72.8 Å². The van der Waals surface area contributed by atoms with Crippen LogP contribution >= 0.6 is 0 Å². The van der Waals surface area contributed by atoms with E-state index in [0.717, 1.165) is 17.4 Å². The zero-order valence-corrected chi connectivity index (χ0v) is 15.2. The number of rotatable bonds is 6. The summed E-state index contributed by atoms with van der Waals surface area (Å²) < 4.78 is 18.9. The number of hydrogen-bond donors (Lipinski definition) is 2. The Kier molecular flexibility index (Phi) is 6.01. The number of anilines is 1. The first-order chi connectivity index (χ1) is 13.5. The molecule has 0 fully saturated rings. The first kappa shape index (κ1) is 19.1. The molecule has 0 atom stereocenters. The van der Waals surface area contributed by atoms with Crippen molar-refractivity contribution < 1.29 is 18.7 Å². The van der Waals surface area contributed by atoms with Crippen LogP contribution in [0.3, 0.4) is 0 Å². The maximum Gasteiger partial charge on any atom is 0.251 e. The van der Waals surface area contributed by atoms with E-state index < -0.39 is 17.6 Å². The topological polar surface area (TPSA) is 67.4 Å². The van der Waals surface area contributed by atoms with Crippen molar-refractivity contribution in [2.45, 2.75) is 6.92 Å². The first-order valence-corrected chi connectivity index (χ1v) is 8.68. The average molecular weight is 378 g/mol. The first-order valence-electron chi connectivity index (χ1n) is 8.68. The molecule has 0 heterocycles. The quantitative estimate of drug-likeness (QED) is 0.672. The lowest BCUT2D eigenvalue weighted by atomic mass is 10.2. The van der Waals surface area contributed by atoms with Crippen LogP contribution in [0, 0.1) is 12.7 Å². The van der Waals surface area contributed by atoms with Gasteiger partial charge >= 0.3 is 0 Å². The number of hydrogen-bond acceptors (Lipinski definition) is 3. The predicted molar refractivity (Wildman–Crippen MR) is 105 cm³/mol. The fourth-order valence-corrected chi connectivity index (χ4v) is 2.52. The maximum atomic E-state index is 13.1. The number of halogens is 1. The van der Waals surface area contributed by atoms with Gasteiger partial charge in [-0.25, -0.2) is 4.39 Å². The molecule has 3 rings (SSSR count). The molecule has 2 N–H and O–H groups in total. The number of carbonyl (C=O) groups is 2. The van der Waals surface area contributed by atoms with Crippen LogP contribution in [0.25, 0.3) is 0 Å². The third-order valence-electron chi connectivity index (χ3n) is 3.86. The monoisotopic (exact) mass is 378 g/mol. The second kappa shape index (κ2) is 8.81.